The van der Waals surface area contributed by atoms with Crippen molar-refractivity contribution in [2.45, 2.75) is 38.5 Å². The van der Waals surface area contributed by atoms with E-state index in [2.05, 4.69) is 21.4 Å². The average molecular weight is 450 g/mol. The average Bonchev–Trinajstić information content (AvgIpc) is 3.17. The van der Waals surface area contributed by atoms with Gasteiger partial charge in [0.15, 0.2) is 0 Å². The Hall–Kier alpha value is -3.51. The number of aromatic nitrogens is 2. The summed E-state index contributed by atoms with van der Waals surface area (Å²) in [6.07, 6.45) is 2.90. The van der Waals surface area contributed by atoms with Gasteiger partial charge in [0.1, 0.15) is 11.2 Å². The molecule has 0 bridgehead atoms. The molecule has 9 nitrogen and oxygen atoms in total. The van der Waals surface area contributed by atoms with E-state index in [-0.39, 0.29) is 11.8 Å². The molecule has 0 radical (unpaired) electrons. The minimum Gasteiger partial charge on any atom is -0.481 e. The van der Waals surface area contributed by atoms with Crippen molar-refractivity contribution in [2.24, 2.45) is 11.3 Å². The molecule has 2 aliphatic heterocycles. The number of hydrogen-bond donors (Lipinski definition) is 2. The third-order valence-electron chi connectivity index (χ3n) is 6.91. The summed E-state index contributed by atoms with van der Waals surface area (Å²) in [5, 5.41) is 22.6. The number of benzene rings is 1. The lowest BCUT2D eigenvalue weighted by molar-refractivity contribution is -0.147. The second-order valence-corrected chi connectivity index (χ2v) is 8.89. The van der Waals surface area contributed by atoms with Crippen LogP contribution in [-0.4, -0.2) is 46.7 Å². The maximum Gasteiger partial charge on any atom is 0.314 e. The maximum absolute atomic E-state index is 13.0. The Labute approximate surface area is 192 Å². The van der Waals surface area contributed by atoms with Crippen LogP contribution in [0, 0.1) is 22.7 Å². The molecule has 0 unspecified atom stereocenters. The molecule has 3 heterocycles. The van der Waals surface area contributed by atoms with Gasteiger partial charge in [-0.05, 0) is 48.9 Å². The number of amides is 1. The molecule has 0 spiro atoms. The van der Waals surface area contributed by atoms with Crippen molar-refractivity contribution >= 4 is 29.3 Å². The number of carboxylic acid groups (broad SMARTS) is 1. The fourth-order valence-corrected chi connectivity index (χ4v) is 4.63. The van der Waals surface area contributed by atoms with Gasteiger partial charge in [-0.2, -0.15) is 10.2 Å². The van der Waals surface area contributed by atoms with Crippen LogP contribution in [0.4, 0.5) is 17.5 Å². The Bertz CT molecular complexity index is 1090. The van der Waals surface area contributed by atoms with E-state index in [0.29, 0.717) is 56.5 Å². The molecular formula is C24H27N5O4. The Morgan fingerprint density at radius 2 is 1.91 bits per heavy atom. The first kappa shape index (κ1) is 22.7. The highest BCUT2D eigenvalue weighted by Gasteiger charge is 2.50. The number of aliphatic carboxylic acids is 1. The van der Waals surface area contributed by atoms with Crippen LogP contribution in [0.15, 0.2) is 36.5 Å². The molecule has 2 fully saturated rings. The first-order valence-electron chi connectivity index (χ1n) is 11.1. The van der Waals surface area contributed by atoms with Crippen LogP contribution in [0.25, 0.3) is 0 Å². The highest BCUT2D eigenvalue weighted by Crippen LogP contribution is 2.40. The van der Waals surface area contributed by atoms with Crippen molar-refractivity contribution in [3.8, 4) is 6.07 Å². The first-order valence-corrected chi connectivity index (χ1v) is 11.1. The van der Waals surface area contributed by atoms with Crippen molar-refractivity contribution in [1.82, 2.24) is 9.97 Å². The summed E-state index contributed by atoms with van der Waals surface area (Å²) < 4.78 is 5.36. The van der Waals surface area contributed by atoms with E-state index in [0.717, 1.165) is 5.56 Å². The van der Waals surface area contributed by atoms with Crippen molar-refractivity contribution in [3.63, 3.8) is 0 Å². The number of nitrogens with zero attached hydrogens (tertiary/aromatic N) is 4. The predicted octanol–water partition coefficient (Wildman–Crippen LogP) is 3.26. The molecule has 1 amide bonds. The molecule has 1 aromatic carbocycles. The molecule has 2 saturated heterocycles. The number of rotatable bonds is 6. The zero-order chi connectivity index (χ0) is 23.6. The van der Waals surface area contributed by atoms with Crippen molar-refractivity contribution < 1.29 is 19.4 Å². The van der Waals surface area contributed by atoms with Crippen LogP contribution in [0.5, 0.6) is 0 Å². The fraction of sp³-hybridized carbons (Fsp3) is 0.458. The van der Waals surface area contributed by atoms with E-state index in [1.165, 1.54) is 0 Å². The summed E-state index contributed by atoms with van der Waals surface area (Å²) >= 11 is 0. The predicted molar refractivity (Wildman–Crippen MR) is 121 cm³/mol. The van der Waals surface area contributed by atoms with E-state index in [1.807, 2.05) is 13.8 Å². The summed E-state index contributed by atoms with van der Waals surface area (Å²) in [5.41, 5.74) is -0.529. The van der Waals surface area contributed by atoms with Crippen LogP contribution in [0.3, 0.4) is 0 Å². The van der Waals surface area contributed by atoms with Gasteiger partial charge >= 0.3 is 5.97 Å². The van der Waals surface area contributed by atoms with Crippen molar-refractivity contribution in [3.05, 3.63) is 42.1 Å². The molecule has 1 aromatic heterocycles. The Kier molecular flexibility index (Phi) is 6.04. The Morgan fingerprint density at radius 3 is 2.48 bits per heavy atom. The quantitative estimate of drug-likeness (QED) is 0.688. The number of nitriles is 1. The molecule has 1 atom stereocenters. The minimum atomic E-state index is -1.03. The number of carbonyl (C=O) groups excluding carboxylic acids is 1. The fourth-order valence-electron chi connectivity index (χ4n) is 4.63. The van der Waals surface area contributed by atoms with E-state index in [1.54, 1.807) is 41.4 Å². The SMILES string of the molecule is CC(C)[C@]1(C#N)CCN(c2ccnc(Nc3ccc(C4(C(=O)O)CCOCC4)cc3)n2)C1=O. The topological polar surface area (TPSA) is 128 Å². The molecule has 2 aromatic rings. The highest BCUT2D eigenvalue weighted by atomic mass is 16.5. The number of carbonyl (C=O) groups is 2. The molecule has 4 rings (SSSR count). The molecule has 9 heteroatoms. The van der Waals surface area contributed by atoms with Gasteiger partial charge in [0, 0.05) is 31.6 Å². The maximum atomic E-state index is 13.0. The van der Waals surface area contributed by atoms with E-state index >= 15 is 0 Å². The monoisotopic (exact) mass is 449 g/mol. The number of anilines is 3. The van der Waals surface area contributed by atoms with E-state index in [9.17, 15) is 20.0 Å². The van der Waals surface area contributed by atoms with Gasteiger partial charge in [0.05, 0.1) is 11.5 Å². The summed E-state index contributed by atoms with van der Waals surface area (Å²) in [7, 11) is 0. The molecule has 33 heavy (non-hydrogen) atoms. The third kappa shape index (κ3) is 3.91. The summed E-state index contributed by atoms with van der Waals surface area (Å²) in [5.74, 6) is -0.412. The lowest BCUT2D eigenvalue weighted by Gasteiger charge is -2.33. The molecule has 2 aliphatic rings. The van der Waals surface area contributed by atoms with E-state index in [4.69, 9.17) is 4.74 Å². The molecule has 0 aliphatic carbocycles. The van der Waals surface area contributed by atoms with Gasteiger partial charge in [0.25, 0.3) is 0 Å². The van der Waals surface area contributed by atoms with Crippen LogP contribution >= 0.6 is 0 Å². The van der Waals surface area contributed by atoms with Gasteiger partial charge in [-0.15, -0.1) is 0 Å². The first-order chi connectivity index (χ1) is 15.8. The van der Waals surface area contributed by atoms with Gasteiger partial charge < -0.3 is 15.2 Å². The van der Waals surface area contributed by atoms with Gasteiger partial charge in [0.2, 0.25) is 11.9 Å². The van der Waals surface area contributed by atoms with Crippen molar-refractivity contribution in [2.75, 3.05) is 30.0 Å². The number of carboxylic acids is 1. The zero-order valence-corrected chi connectivity index (χ0v) is 18.7. The molecule has 0 saturated carbocycles. The van der Waals surface area contributed by atoms with Gasteiger partial charge in [-0.1, -0.05) is 26.0 Å². The Balaban J connectivity index is 1.52. The lowest BCUT2D eigenvalue weighted by atomic mass is 9.74. The minimum absolute atomic E-state index is 0.0947. The van der Waals surface area contributed by atoms with Crippen molar-refractivity contribution in [1.29, 1.82) is 5.26 Å². The van der Waals surface area contributed by atoms with E-state index < -0.39 is 16.8 Å². The van der Waals surface area contributed by atoms with Crippen LogP contribution < -0.4 is 10.2 Å². The number of hydrogen-bond acceptors (Lipinski definition) is 7. The standard InChI is InChI=1S/C24H27N5O4/c1-16(2)24(15-25)8-12-29(20(24)30)19-7-11-26-22(28-19)27-18-5-3-17(4-6-18)23(21(31)32)9-13-33-14-10-23/h3-7,11,16H,8-10,12-14H2,1-2H3,(H,31,32)(H,26,27,28)/t24-/m1/s1. The van der Waals surface area contributed by atoms with Crippen LogP contribution in [0.1, 0.15) is 38.7 Å². The molecule has 2 N–H and O–H groups in total. The Morgan fingerprint density at radius 1 is 1.21 bits per heavy atom. The third-order valence-corrected chi connectivity index (χ3v) is 6.91. The lowest BCUT2D eigenvalue weighted by Crippen LogP contribution is -2.41. The smallest absolute Gasteiger partial charge is 0.314 e. The van der Waals surface area contributed by atoms with Gasteiger partial charge in [-0.3, -0.25) is 14.5 Å². The summed E-state index contributed by atoms with van der Waals surface area (Å²) in [6.45, 7) is 5.04. The number of ether oxygens (including phenoxy) is 1. The normalized spacial score (nSPS) is 22.2. The van der Waals surface area contributed by atoms with Crippen LogP contribution in [-0.2, 0) is 19.7 Å². The molecular weight excluding hydrogens is 422 g/mol. The highest BCUT2D eigenvalue weighted by molar-refractivity contribution is 6.01. The second-order valence-electron chi connectivity index (χ2n) is 8.89. The van der Waals surface area contributed by atoms with Gasteiger partial charge in [-0.25, -0.2) is 4.98 Å². The largest absolute Gasteiger partial charge is 0.481 e. The number of nitrogens with one attached hydrogen (secondary N) is 1. The van der Waals surface area contributed by atoms with Crippen LogP contribution in [0.2, 0.25) is 0 Å². The second kappa shape index (κ2) is 8.79. The summed E-state index contributed by atoms with van der Waals surface area (Å²) in [4.78, 5) is 35.3. The zero-order valence-electron chi connectivity index (χ0n) is 18.7. The molecule has 172 valence electrons. The summed E-state index contributed by atoms with van der Waals surface area (Å²) in [6, 6.07) is 11.1.